The van der Waals surface area contributed by atoms with Crippen LogP contribution in [-0.4, -0.2) is 56.5 Å². The van der Waals surface area contributed by atoms with Crippen molar-refractivity contribution in [1.82, 2.24) is 24.2 Å². The molecule has 9 nitrogen and oxygen atoms in total. The Morgan fingerprint density at radius 3 is 2.94 bits per heavy atom. The van der Waals surface area contributed by atoms with Gasteiger partial charge in [-0.05, 0) is 32.2 Å². The molecule has 9 heteroatoms. The average Bonchev–Trinajstić information content (AvgIpc) is 3.63. The van der Waals surface area contributed by atoms with Crippen molar-refractivity contribution in [1.29, 1.82) is 0 Å². The number of piperidine rings is 1. The van der Waals surface area contributed by atoms with Gasteiger partial charge in [0.15, 0.2) is 5.82 Å². The van der Waals surface area contributed by atoms with Crippen molar-refractivity contribution in [2.45, 2.75) is 63.8 Å². The van der Waals surface area contributed by atoms with Gasteiger partial charge in [-0.3, -0.25) is 14.5 Å². The fourth-order valence-electron chi connectivity index (χ4n) is 4.62. The van der Waals surface area contributed by atoms with E-state index in [0.717, 1.165) is 56.5 Å². The lowest BCUT2D eigenvalue weighted by atomic mass is 10.0. The Morgan fingerprint density at radius 1 is 1.16 bits per heavy atom. The molecule has 0 bridgehead atoms. The summed E-state index contributed by atoms with van der Waals surface area (Å²) in [7, 11) is 0. The molecule has 1 saturated carbocycles. The molecular weight excluding hydrogens is 396 g/mol. The number of aromatic nitrogens is 4. The maximum absolute atomic E-state index is 12.6. The van der Waals surface area contributed by atoms with E-state index in [9.17, 15) is 9.59 Å². The fourth-order valence-corrected chi connectivity index (χ4v) is 4.62. The summed E-state index contributed by atoms with van der Waals surface area (Å²) in [4.78, 5) is 31.8. The highest BCUT2D eigenvalue weighted by atomic mass is 16.5. The molecule has 1 saturated heterocycles. The lowest BCUT2D eigenvalue weighted by Crippen LogP contribution is -2.46. The molecule has 2 aromatic heterocycles. The van der Waals surface area contributed by atoms with Gasteiger partial charge in [-0.15, -0.1) is 0 Å². The molecule has 3 aliphatic rings. The summed E-state index contributed by atoms with van der Waals surface area (Å²) < 4.78 is 8.82. The number of nitrogens with zero attached hydrogens (tertiary/aromatic N) is 5. The maximum Gasteiger partial charge on any atom is 0.293 e. The molecule has 1 unspecified atom stereocenters. The predicted octanol–water partition coefficient (Wildman–Crippen LogP) is 1.17. The van der Waals surface area contributed by atoms with Gasteiger partial charge in [-0.1, -0.05) is 6.42 Å². The number of rotatable bonds is 7. The van der Waals surface area contributed by atoms with Crippen LogP contribution in [0.3, 0.4) is 0 Å². The van der Waals surface area contributed by atoms with Crippen molar-refractivity contribution in [3.8, 4) is 0 Å². The third-order valence-electron chi connectivity index (χ3n) is 6.57. The minimum Gasteiger partial charge on any atom is -0.376 e. The summed E-state index contributed by atoms with van der Waals surface area (Å²) in [5.74, 6) is 0.440. The van der Waals surface area contributed by atoms with Gasteiger partial charge in [0.05, 0.1) is 25.5 Å². The Labute approximate surface area is 181 Å². The van der Waals surface area contributed by atoms with Gasteiger partial charge in [0.2, 0.25) is 0 Å². The number of hydrogen-bond acceptors (Lipinski definition) is 7. The summed E-state index contributed by atoms with van der Waals surface area (Å²) in [6, 6.07) is 2.32. The van der Waals surface area contributed by atoms with Gasteiger partial charge in [0, 0.05) is 55.6 Å². The van der Waals surface area contributed by atoms with E-state index >= 15 is 0 Å². The minimum atomic E-state index is -0.0648. The van der Waals surface area contributed by atoms with E-state index in [1.807, 2.05) is 0 Å². The normalized spacial score (nSPS) is 21.6. The molecule has 5 rings (SSSR count). The molecule has 2 aliphatic heterocycles. The lowest BCUT2D eigenvalue weighted by Gasteiger charge is -2.35. The van der Waals surface area contributed by atoms with Gasteiger partial charge >= 0.3 is 0 Å². The summed E-state index contributed by atoms with van der Waals surface area (Å²) in [6.07, 6.45) is 9.79. The van der Waals surface area contributed by atoms with E-state index in [4.69, 9.17) is 4.74 Å². The zero-order valence-corrected chi connectivity index (χ0v) is 17.8. The topological polar surface area (TPSA) is 94.3 Å². The van der Waals surface area contributed by atoms with Crippen molar-refractivity contribution in [3.05, 3.63) is 50.4 Å². The molecule has 4 heterocycles. The van der Waals surface area contributed by atoms with Crippen molar-refractivity contribution in [2.24, 2.45) is 0 Å². The van der Waals surface area contributed by atoms with Crippen LogP contribution in [-0.2, 0) is 24.3 Å². The summed E-state index contributed by atoms with van der Waals surface area (Å²) in [5, 5.41) is 7.89. The summed E-state index contributed by atoms with van der Waals surface area (Å²) in [6.45, 7) is 4.15. The molecule has 1 aliphatic carbocycles. The highest BCUT2D eigenvalue weighted by molar-refractivity contribution is 5.31. The third-order valence-corrected chi connectivity index (χ3v) is 6.57. The van der Waals surface area contributed by atoms with Crippen LogP contribution >= 0.6 is 0 Å². The Morgan fingerprint density at radius 2 is 2.06 bits per heavy atom. The number of likely N-dealkylation sites (tertiary alicyclic amines) is 1. The van der Waals surface area contributed by atoms with Crippen LogP contribution in [0, 0.1) is 0 Å². The van der Waals surface area contributed by atoms with E-state index in [1.54, 1.807) is 27.7 Å². The van der Waals surface area contributed by atoms with Crippen molar-refractivity contribution < 1.29 is 4.74 Å². The molecule has 0 spiro atoms. The van der Waals surface area contributed by atoms with Crippen LogP contribution in [0.15, 0.2) is 28.0 Å². The number of fused-ring (bicyclic) bond motifs is 1. The first-order chi connectivity index (χ1) is 15.2. The molecule has 0 amide bonds. The average molecular weight is 427 g/mol. The van der Waals surface area contributed by atoms with Gasteiger partial charge in [-0.2, -0.15) is 5.10 Å². The molecule has 2 fully saturated rings. The van der Waals surface area contributed by atoms with Crippen LogP contribution in [0.25, 0.3) is 0 Å². The Bertz CT molecular complexity index is 1040. The standard InChI is InChI=1S/C22H30N6O3/c29-20-13-16-15-31-12-6-19(16)25-28(20)11-10-26-8-2-1-3-18(26)14-24-21-22(30)27(9-7-23-21)17-4-5-17/h7,9,13,17-18H,1-6,8,10-12,14-15H2,(H,23,24). The quantitative estimate of drug-likeness (QED) is 0.710. The SMILES string of the molecule is O=c1c(NCC2CCCCN2CCn2nc3c(cc2=O)COCC3)nccn1C1CC1. The molecule has 31 heavy (non-hydrogen) atoms. The zero-order chi connectivity index (χ0) is 21.2. The first-order valence-corrected chi connectivity index (χ1v) is 11.4. The number of ether oxygens (including phenoxy) is 1. The first kappa shape index (κ1) is 20.4. The van der Waals surface area contributed by atoms with Crippen molar-refractivity contribution >= 4 is 5.82 Å². The van der Waals surface area contributed by atoms with Crippen LogP contribution in [0.5, 0.6) is 0 Å². The molecule has 0 aromatic carbocycles. The van der Waals surface area contributed by atoms with Gasteiger partial charge in [-0.25, -0.2) is 9.67 Å². The second kappa shape index (κ2) is 8.92. The lowest BCUT2D eigenvalue weighted by molar-refractivity contribution is 0.107. The molecule has 1 N–H and O–H groups in total. The molecule has 2 aromatic rings. The Kier molecular flexibility index (Phi) is 5.87. The minimum absolute atomic E-state index is 0.0267. The number of anilines is 1. The molecule has 1 atom stereocenters. The smallest absolute Gasteiger partial charge is 0.293 e. The van der Waals surface area contributed by atoms with Crippen molar-refractivity contribution in [2.75, 3.05) is 31.6 Å². The van der Waals surface area contributed by atoms with E-state index in [-0.39, 0.29) is 11.1 Å². The summed E-state index contributed by atoms with van der Waals surface area (Å²) in [5.41, 5.74) is 1.80. The highest BCUT2D eigenvalue weighted by Crippen LogP contribution is 2.33. The van der Waals surface area contributed by atoms with E-state index in [2.05, 4.69) is 20.3 Å². The van der Waals surface area contributed by atoms with E-state index < -0.39 is 0 Å². The molecule has 0 radical (unpaired) electrons. The third kappa shape index (κ3) is 4.57. The van der Waals surface area contributed by atoms with Gasteiger partial charge < -0.3 is 14.6 Å². The number of nitrogens with one attached hydrogen (secondary N) is 1. The largest absolute Gasteiger partial charge is 0.376 e. The van der Waals surface area contributed by atoms with Gasteiger partial charge in [0.1, 0.15) is 0 Å². The second-order valence-electron chi connectivity index (χ2n) is 8.77. The number of hydrogen-bond donors (Lipinski definition) is 1. The second-order valence-corrected chi connectivity index (χ2v) is 8.77. The Balaban J connectivity index is 1.23. The Hall–Kier alpha value is -2.52. The predicted molar refractivity (Wildman–Crippen MR) is 116 cm³/mol. The van der Waals surface area contributed by atoms with E-state index in [1.165, 1.54) is 6.42 Å². The maximum atomic E-state index is 12.6. The molecule has 166 valence electrons. The zero-order valence-electron chi connectivity index (χ0n) is 17.8. The monoisotopic (exact) mass is 426 g/mol. The first-order valence-electron chi connectivity index (χ1n) is 11.4. The van der Waals surface area contributed by atoms with Crippen LogP contribution < -0.4 is 16.4 Å². The fraction of sp³-hybridized carbons (Fsp3) is 0.636. The van der Waals surface area contributed by atoms with Crippen LogP contribution in [0.2, 0.25) is 0 Å². The van der Waals surface area contributed by atoms with Crippen LogP contribution in [0.1, 0.15) is 49.4 Å². The summed E-state index contributed by atoms with van der Waals surface area (Å²) >= 11 is 0. The van der Waals surface area contributed by atoms with Gasteiger partial charge in [0.25, 0.3) is 11.1 Å². The van der Waals surface area contributed by atoms with Crippen molar-refractivity contribution in [3.63, 3.8) is 0 Å². The van der Waals surface area contributed by atoms with Crippen LogP contribution in [0.4, 0.5) is 5.82 Å². The highest BCUT2D eigenvalue weighted by Gasteiger charge is 2.26. The molecular formula is C22H30N6O3. The van der Waals surface area contributed by atoms with E-state index in [0.29, 0.717) is 44.2 Å².